The molecular formula is C15H22N4. The van der Waals surface area contributed by atoms with Gasteiger partial charge in [-0.15, -0.1) is 0 Å². The van der Waals surface area contributed by atoms with Gasteiger partial charge in [0.25, 0.3) is 0 Å². The summed E-state index contributed by atoms with van der Waals surface area (Å²) in [4.78, 5) is 4.37. The average Bonchev–Trinajstić information content (AvgIpc) is 2.76. The van der Waals surface area contributed by atoms with Gasteiger partial charge in [0.15, 0.2) is 0 Å². The maximum atomic E-state index is 5.70. The Morgan fingerprint density at radius 1 is 1.37 bits per heavy atom. The molecule has 19 heavy (non-hydrogen) atoms. The molecule has 0 aliphatic heterocycles. The van der Waals surface area contributed by atoms with Crippen LogP contribution < -0.4 is 11.3 Å². The van der Waals surface area contributed by atoms with Crippen LogP contribution >= 0.6 is 0 Å². The van der Waals surface area contributed by atoms with Crippen molar-refractivity contribution < 1.29 is 0 Å². The molecule has 0 aliphatic carbocycles. The Hall–Kier alpha value is -1.65. The summed E-state index contributed by atoms with van der Waals surface area (Å²) in [6.45, 7) is 4.45. The lowest BCUT2D eigenvalue weighted by molar-refractivity contribution is 0.617. The zero-order chi connectivity index (χ0) is 13.8. The van der Waals surface area contributed by atoms with E-state index in [0.717, 1.165) is 17.7 Å². The predicted molar refractivity (Wildman–Crippen MR) is 77.4 cm³/mol. The third kappa shape index (κ3) is 3.43. The van der Waals surface area contributed by atoms with Crippen molar-refractivity contribution in [1.29, 1.82) is 0 Å². The van der Waals surface area contributed by atoms with Gasteiger partial charge in [-0.3, -0.25) is 5.84 Å². The third-order valence-corrected chi connectivity index (χ3v) is 3.12. The maximum absolute atomic E-state index is 5.70. The van der Waals surface area contributed by atoms with E-state index in [1.165, 1.54) is 5.56 Å². The predicted octanol–water partition coefficient (Wildman–Crippen LogP) is 2.17. The summed E-state index contributed by atoms with van der Waals surface area (Å²) < 4.78 is 1.93. The zero-order valence-corrected chi connectivity index (χ0v) is 11.8. The molecule has 1 aromatic carbocycles. The van der Waals surface area contributed by atoms with Crippen molar-refractivity contribution in [2.75, 3.05) is 0 Å². The Morgan fingerprint density at radius 2 is 2.16 bits per heavy atom. The lowest BCUT2D eigenvalue weighted by Crippen LogP contribution is -2.29. The van der Waals surface area contributed by atoms with Crippen molar-refractivity contribution in [3.63, 3.8) is 0 Å². The molecule has 0 fully saturated rings. The molecule has 1 unspecified atom stereocenters. The molecular weight excluding hydrogens is 236 g/mol. The van der Waals surface area contributed by atoms with Crippen LogP contribution in [0, 0.1) is 5.92 Å². The Kier molecular flexibility index (Phi) is 4.35. The summed E-state index contributed by atoms with van der Waals surface area (Å²) in [7, 11) is 1.96. The van der Waals surface area contributed by atoms with E-state index in [9.17, 15) is 0 Å². The van der Waals surface area contributed by atoms with Crippen molar-refractivity contribution in [3.8, 4) is 0 Å². The second-order valence-corrected chi connectivity index (χ2v) is 5.41. The minimum Gasteiger partial charge on any atom is -0.340 e. The number of benzene rings is 1. The van der Waals surface area contributed by atoms with Crippen LogP contribution in [0.1, 0.15) is 36.7 Å². The molecule has 4 heteroatoms. The molecule has 102 valence electrons. The van der Waals surface area contributed by atoms with Crippen LogP contribution in [0.2, 0.25) is 0 Å². The first kappa shape index (κ1) is 13.8. The second kappa shape index (κ2) is 5.99. The number of rotatable bonds is 5. The molecule has 3 N–H and O–H groups in total. The van der Waals surface area contributed by atoms with Gasteiger partial charge in [0, 0.05) is 13.2 Å². The molecule has 0 saturated heterocycles. The summed E-state index contributed by atoms with van der Waals surface area (Å²) in [5.41, 5.74) is 6.28. The number of hydrogen-bond acceptors (Lipinski definition) is 3. The van der Waals surface area contributed by atoms with E-state index in [2.05, 4.69) is 48.5 Å². The number of hydrazine groups is 1. The highest BCUT2D eigenvalue weighted by Gasteiger charge is 2.15. The summed E-state index contributed by atoms with van der Waals surface area (Å²) >= 11 is 0. The number of aromatic nitrogens is 2. The maximum Gasteiger partial charge on any atom is 0.0947 e. The van der Waals surface area contributed by atoms with Crippen LogP contribution in [-0.4, -0.2) is 9.55 Å². The van der Waals surface area contributed by atoms with Crippen LogP contribution in [0.15, 0.2) is 36.8 Å². The number of nitrogens with zero attached hydrogens (tertiary/aromatic N) is 2. The average molecular weight is 258 g/mol. The number of aryl methyl sites for hydroxylation is 1. The number of nitrogens with one attached hydrogen (secondary N) is 1. The van der Waals surface area contributed by atoms with Crippen LogP contribution in [0.5, 0.6) is 0 Å². The largest absolute Gasteiger partial charge is 0.340 e. The van der Waals surface area contributed by atoms with Crippen molar-refractivity contribution in [1.82, 2.24) is 15.0 Å². The van der Waals surface area contributed by atoms with Crippen LogP contribution in [0.25, 0.3) is 0 Å². The Labute approximate surface area is 114 Å². The van der Waals surface area contributed by atoms with Gasteiger partial charge in [-0.25, -0.2) is 10.4 Å². The first-order valence-corrected chi connectivity index (χ1v) is 6.63. The van der Waals surface area contributed by atoms with E-state index in [1.54, 1.807) is 6.33 Å². The molecule has 0 bridgehead atoms. The van der Waals surface area contributed by atoms with Crippen molar-refractivity contribution in [3.05, 3.63) is 53.6 Å². The van der Waals surface area contributed by atoms with Crippen LogP contribution in [0.4, 0.5) is 0 Å². The van der Waals surface area contributed by atoms with Crippen molar-refractivity contribution >= 4 is 0 Å². The SMILES string of the molecule is CC(C)Cc1cccc(C(NN)c2cn(C)cn2)c1. The third-order valence-electron chi connectivity index (χ3n) is 3.12. The number of imidazole rings is 1. The number of nitrogens with two attached hydrogens (primary N) is 1. The van der Waals surface area contributed by atoms with Gasteiger partial charge in [-0.2, -0.15) is 0 Å². The highest BCUT2D eigenvalue weighted by Crippen LogP contribution is 2.21. The highest BCUT2D eigenvalue weighted by molar-refractivity contribution is 5.31. The standard InChI is InChI=1S/C15H22N4/c1-11(2)7-12-5-4-6-13(8-12)15(18-16)14-9-19(3)10-17-14/h4-6,8-11,15,18H,7,16H2,1-3H3. The molecule has 0 aliphatic rings. The first-order valence-electron chi connectivity index (χ1n) is 6.63. The molecule has 1 atom stereocenters. The summed E-state index contributed by atoms with van der Waals surface area (Å²) in [5, 5.41) is 0. The molecule has 2 rings (SSSR count). The quantitative estimate of drug-likeness (QED) is 0.638. The second-order valence-electron chi connectivity index (χ2n) is 5.41. The van der Waals surface area contributed by atoms with E-state index in [0.29, 0.717) is 5.92 Å². The van der Waals surface area contributed by atoms with Crippen LogP contribution in [-0.2, 0) is 13.5 Å². The molecule has 1 aromatic heterocycles. The number of hydrogen-bond donors (Lipinski definition) is 2. The Morgan fingerprint density at radius 3 is 2.74 bits per heavy atom. The minimum absolute atomic E-state index is 0.0617. The molecule has 0 radical (unpaired) electrons. The molecule has 2 aromatic rings. The van der Waals surface area contributed by atoms with Gasteiger partial charge in [0.05, 0.1) is 18.1 Å². The summed E-state index contributed by atoms with van der Waals surface area (Å²) in [6, 6.07) is 8.48. The molecule has 4 nitrogen and oxygen atoms in total. The smallest absolute Gasteiger partial charge is 0.0947 e. The summed E-state index contributed by atoms with van der Waals surface area (Å²) in [6.07, 6.45) is 4.85. The topological polar surface area (TPSA) is 55.9 Å². The van der Waals surface area contributed by atoms with E-state index in [1.807, 2.05) is 17.8 Å². The highest BCUT2D eigenvalue weighted by atomic mass is 15.2. The van der Waals surface area contributed by atoms with Gasteiger partial charge in [0.1, 0.15) is 0 Å². The fourth-order valence-electron chi connectivity index (χ4n) is 2.31. The minimum atomic E-state index is -0.0617. The van der Waals surface area contributed by atoms with Gasteiger partial charge >= 0.3 is 0 Å². The van der Waals surface area contributed by atoms with Crippen LogP contribution in [0.3, 0.4) is 0 Å². The lowest BCUT2D eigenvalue weighted by Gasteiger charge is -2.15. The van der Waals surface area contributed by atoms with E-state index in [-0.39, 0.29) is 6.04 Å². The Bertz CT molecular complexity index is 530. The summed E-state index contributed by atoms with van der Waals surface area (Å²) in [5.74, 6) is 6.35. The first-order chi connectivity index (χ1) is 9.10. The van der Waals surface area contributed by atoms with Crippen molar-refractivity contribution in [2.45, 2.75) is 26.3 Å². The molecule has 1 heterocycles. The lowest BCUT2D eigenvalue weighted by atomic mass is 9.97. The monoisotopic (exact) mass is 258 g/mol. The Balaban J connectivity index is 2.28. The van der Waals surface area contributed by atoms with E-state index in [4.69, 9.17) is 5.84 Å². The van der Waals surface area contributed by atoms with Gasteiger partial charge < -0.3 is 4.57 Å². The molecule has 0 saturated carbocycles. The van der Waals surface area contributed by atoms with Crippen molar-refractivity contribution in [2.24, 2.45) is 18.8 Å². The fourth-order valence-corrected chi connectivity index (χ4v) is 2.31. The normalized spacial score (nSPS) is 12.9. The van der Waals surface area contributed by atoms with E-state index < -0.39 is 0 Å². The van der Waals surface area contributed by atoms with Gasteiger partial charge in [-0.1, -0.05) is 38.1 Å². The van der Waals surface area contributed by atoms with E-state index >= 15 is 0 Å². The molecule has 0 spiro atoms. The van der Waals surface area contributed by atoms with Gasteiger partial charge in [0.2, 0.25) is 0 Å². The fraction of sp³-hybridized carbons (Fsp3) is 0.400. The molecule has 0 amide bonds. The van der Waals surface area contributed by atoms with Gasteiger partial charge in [-0.05, 0) is 23.5 Å². The zero-order valence-electron chi connectivity index (χ0n) is 11.8.